The van der Waals surface area contributed by atoms with Gasteiger partial charge in [-0.2, -0.15) is 0 Å². The van der Waals surface area contributed by atoms with Crippen molar-refractivity contribution >= 4 is 33.2 Å². The number of aromatic nitrogens is 2. The molecule has 6 rings (SSSR count). The van der Waals surface area contributed by atoms with Crippen LogP contribution in [0.2, 0.25) is 5.02 Å². The number of ether oxygens (including phenoxy) is 2. The Balaban J connectivity index is 1.43. The predicted molar refractivity (Wildman–Crippen MR) is 183 cm³/mol. The lowest BCUT2D eigenvalue weighted by atomic mass is 9.62. The van der Waals surface area contributed by atoms with Crippen molar-refractivity contribution in [3.8, 4) is 5.75 Å². The third-order valence-electron chi connectivity index (χ3n) is 10.8. The lowest BCUT2D eigenvalue weighted by Gasteiger charge is -2.50. The predicted octanol–water partition coefficient (Wildman–Crippen LogP) is 6.69. The molecule has 1 aliphatic carbocycles. The minimum absolute atomic E-state index is 0.166. The molecule has 3 heterocycles. The maximum Gasteiger partial charge on any atom is 0.264 e. The lowest BCUT2D eigenvalue weighted by molar-refractivity contribution is -0.128. The zero-order valence-electron chi connectivity index (χ0n) is 27.5. The van der Waals surface area contributed by atoms with Crippen molar-refractivity contribution in [2.45, 2.75) is 82.7 Å². The van der Waals surface area contributed by atoms with Crippen LogP contribution in [0, 0.1) is 17.8 Å². The van der Waals surface area contributed by atoms with Crippen molar-refractivity contribution in [1.82, 2.24) is 14.7 Å². The van der Waals surface area contributed by atoms with Crippen LogP contribution in [0.25, 0.3) is 0 Å². The zero-order valence-corrected chi connectivity index (χ0v) is 29.0. The van der Waals surface area contributed by atoms with Gasteiger partial charge in [0.25, 0.3) is 5.91 Å². The first kappa shape index (κ1) is 33.7. The average molecular weight is 681 g/mol. The summed E-state index contributed by atoms with van der Waals surface area (Å²) in [6.45, 7) is 5.43. The Labute approximate surface area is 283 Å². The summed E-state index contributed by atoms with van der Waals surface area (Å²) in [5.41, 5.74) is 2.61. The number of benzene rings is 2. The number of fused-ring (bicyclic) bond motifs is 3. The molecule has 9 nitrogen and oxygen atoms in total. The van der Waals surface area contributed by atoms with E-state index >= 15 is 0 Å². The summed E-state index contributed by atoms with van der Waals surface area (Å²) in [4.78, 5) is 25.2. The first-order chi connectivity index (χ1) is 22.6. The van der Waals surface area contributed by atoms with Crippen LogP contribution in [-0.2, 0) is 33.4 Å². The van der Waals surface area contributed by atoms with Crippen LogP contribution in [0.1, 0.15) is 86.1 Å². The normalized spacial score (nSPS) is 28.3. The van der Waals surface area contributed by atoms with Gasteiger partial charge >= 0.3 is 0 Å². The highest BCUT2D eigenvalue weighted by atomic mass is 35.5. The van der Waals surface area contributed by atoms with Gasteiger partial charge in [0.2, 0.25) is 10.0 Å². The fourth-order valence-electron chi connectivity index (χ4n) is 7.60. The monoisotopic (exact) mass is 680 g/mol. The van der Waals surface area contributed by atoms with Crippen LogP contribution in [0.3, 0.4) is 0 Å². The van der Waals surface area contributed by atoms with Crippen molar-refractivity contribution in [3.05, 3.63) is 82.4 Å². The van der Waals surface area contributed by atoms with Crippen LogP contribution in [0.4, 0.5) is 5.69 Å². The summed E-state index contributed by atoms with van der Waals surface area (Å²) in [7, 11) is -2.19. The van der Waals surface area contributed by atoms with Crippen molar-refractivity contribution in [2.75, 3.05) is 25.1 Å². The summed E-state index contributed by atoms with van der Waals surface area (Å²) in [5.74, 6) is 0.962. The number of amides is 1. The van der Waals surface area contributed by atoms with Crippen LogP contribution >= 0.6 is 11.6 Å². The smallest absolute Gasteiger partial charge is 0.264 e. The fraction of sp³-hybridized carbons (Fsp3) is 0.528. The van der Waals surface area contributed by atoms with Gasteiger partial charge in [-0.3, -0.25) is 4.79 Å². The second kappa shape index (κ2) is 14.1. The Morgan fingerprint density at radius 2 is 1.83 bits per heavy atom. The second-order valence-corrected chi connectivity index (χ2v) is 15.9. The molecule has 2 aromatic carbocycles. The largest absolute Gasteiger partial charge is 0.487 e. The molecule has 3 aliphatic rings. The van der Waals surface area contributed by atoms with E-state index in [9.17, 15) is 13.2 Å². The SMILES string of the molecule is CO[C@]1(c2ncccn2)CCC[C@H](C)[C@@H](C)S(=O)(=O)NC(=O)c2ccc3c(c2)N(CCCCc2cc(Cl)ccc2CO3)C[C@@H]2CC[C@H]21. The number of methoxy groups -OCH3 is 1. The number of rotatable bonds is 2. The van der Waals surface area contributed by atoms with E-state index in [2.05, 4.69) is 9.62 Å². The van der Waals surface area contributed by atoms with Gasteiger partial charge in [0, 0.05) is 43.2 Å². The molecule has 1 N–H and O–H groups in total. The highest BCUT2D eigenvalue weighted by molar-refractivity contribution is 7.90. The van der Waals surface area contributed by atoms with E-state index in [0.29, 0.717) is 36.0 Å². The molecule has 2 bridgehead atoms. The first-order valence-electron chi connectivity index (χ1n) is 16.8. The molecule has 0 radical (unpaired) electrons. The summed E-state index contributed by atoms with van der Waals surface area (Å²) < 4.78 is 42.2. The lowest BCUT2D eigenvalue weighted by Crippen LogP contribution is -2.51. The molecule has 11 heteroatoms. The maximum absolute atomic E-state index is 13.5. The Bertz CT molecular complexity index is 1690. The average Bonchev–Trinajstić information content (AvgIpc) is 3.08. The number of aryl methyl sites for hydroxylation is 1. The Morgan fingerprint density at radius 1 is 1.02 bits per heavy atom. The van der Waals surface area contributed by atoms with E-state index in [1.165, 1.54) is 5.56 Å². The summed E-state index contributed by atoms with van der Waals surface area (Å²) >= 11 is 6.36. The van der Waals surface area contributed by atoms with E-state index in [0.717, 1.165) is 62.9 Å². The van der Waals surface area contributed by atoms with E-state index in [-0.39, 0.29) is 23.3 Å². The number of sulfonamides is 1. The van der Waals surface area contributed by atoms with Gasteiger partial charge < -0.3 is 14.4 Å². The van der Waals surface area contributed by atoms with Gasteiger partial charge in [0.1, 0.15) is 18.0 Å². The molecule has 252 valence electrons. The van der Waals surface area contributed by atoms with E-state index in [1.807, 2.05) is 31.2 Å². The number of anilines is 1. The van der Waals surface area contributed by atoms with Crippen molar-refractivity contribution in [1.29, 1.82) is 0 Å². The summed E-state index contributed by atoms with van der Waals surface area (Å²) in [6.07, 6.45) is 10.4. The number of carbonyl (C=O) groups is 1. The fourth-order valence-corrected chi connectivity index (χ4v) is 9.10. The van der Waals surface area contributed by atoms with Crippen LogP contribution in [-0.4, -0.2) is 49.7 Å². The van der Waals surface area contributed by atoms with Gasteiger partial charge in [-0.25, -0.2) is 23.1 Å². The van der Waals surface area contributed by atoms with E-state index in [1.54, 1.807) is 44.6 Å². The third-order valence-corrected chi connectivity index (χ3v) is 12.9. The van der Waals surface area contributed by atoms with Crippen LogP contribution in [0.5, 0.6) is 5.75 Å². The minimum atomic E-state index is -3.94. The summed E-state index contributed by atoms with van der Waals surface area (Å²) in [6, 6.07) is 13.0. The molecule has 0 spiro atoms. The van der Waals surface area contributed by atoms with Gasteiger partial charge in [0.05, 0.1) is 10.9 Å². The first-order valence-corrected chi connectivity index (χ1v) is 18.7. The Morgan fingerprint density at radius 3 is 2.57 bits per heavy atom. The molecule has 0 unspecified atom stereocenters. The maximum atomic E-state index is 13.5. The van der Waals surface area contributed by atoms with Gasteiger partial charge in [-0.15, -0.1) is 0 Å². The molecule has 1 aromatic heterocycles. The van der Waals surface area contributed by atoms with Gasteiger partial charge in [-0.1, -0.05) is 24.6 Å². The van der Waals surface area contributed by atoms with Crippen molar-refractivity contribution in [3.63, 3.8) is 0 Å². The molecule has 5 atom stereocenters. The second-order valence-electron chi connectivity index (χ2n) is 13.4. The Hall–Kier alpha value is -3.21. The van der Waals surface area contributed by atoms with E-state index in [4.69, 9.17) is 31.0 Å². The summed E-state index contributed by atoms with van der Waals surface area (Å²) in [5, 5.41) is -0.0616. The molecule has 47 heavy (non-hydrogen) atoms. The molecule has 3 aromatic rings. The standard InChI is InChI=1S/C36H45ClN4O5S/c1-24-8-6-16-36(45-3,35-38-17-7-18-39-35)31-14-11-28(31)22-41-19-5-4-9-26-20-30(37)13-10-29(26)23-46-33-15-12-27(21-32(33)41)34(42)40-47(43,44)25(24)2/h7,10,12-13,15,17-18,20-21,24-25,28,31H,4-6,8-9,11,14,16,19,22-23H2,1-3H3,(H,40,42)/t24-,25+,28-,31+,36+/m0/s1. The molecule has 2 aliphatic heterocycles. The highest BCUT2D eigenvalue weighted by Gasteiger charge is 2.51. The van der Waals surface area contributed by atoms with Gasteiger partial charge in [-0.05, 0) is 124 Å². The van der Waals surface area contributed by atoms with Gasteiger partial charge in [0.15, 0.2) is 5.82 Å². The number of hydrogen-bond donors (Lipinski definition) is 1. The number of hydrogen-bond acceptors (Lipinski definition) is 8. The molecule has 1 amide bonds. The van der Waals surface area contributed by atoms with Crippen molar-refractivity contribution < 1.29 is 22.7 Å². The number of nitrogens with zero attached hydrogens (tertiary/aromatic N) is 3. The molecule has 0 saturated heterocycles. The third kappa shape index (κ3) is 7.01. The van der Waals surface area contributed by atoms with Crippen LogP contribution < -0.4 is 14.4 Å². The van der Waals surface area contributed by atoms with E-state index < -0.39 is 26.8 Å². The molecule has 1 saturated carbocycles. The minimum Gasteiger partial charge on any atom is -0.487 e. The number of carbonyl (C=O) groups excluding carboxylic acids is 1. The molecular formula is C36H45ClN4O5S. The highest BCUT2D eigenvalue weighted by Crippen LogP contribution is 2.51. The van der Waals surface area contributed by atoms with Crippen LogP contribution in [0.15, 0.2) is 54.9 Å². The quantitative estimate of drug-likeness (QED) is 0.319. The Kier molecular flexibility index (Phi) is 10.1. The topological polar surface area (TPSA) is 111 Å². The molecule has 1 fully saturated rings. The zero-order chi connectivity index (χ0) is 33.2. The van der Waals surface area contributed by atoms with Crippen molar-refractivity contribution in [2.24, 2.45) is 17.8 Å². The number of nitrogens with one attached hydrogen (secondary N) is 1. The molecular weight excluding hydrogens is 636 g/mol. The number of halogens is 1.